The van der Waals surface area contributed by atoms with Gasteiger partial charge in [0.15, 0.2) is 0 Å². The molecule has 9 heteroatoms. The van der Waals surface area contributed by atoms with Crippen LogP contribution >= 0.6 is 0 Å². The van der Waals surface area contributed by atoms with Crippen LogP contribution in [0.1, 0.15) is 5.56 Å². The molecule has 0 saturated heterocycles. The zero-order valence-corrected chi connectivity index (χ0v) is 16.5. The Hall–Kier alpha value is -3.87. The molecule has 3 rings (SSSR count). The summed E-state index contributed by atoms with van der Waals surface area (Å²) < 4.78 is 22.5. The summed E-state index contributed by atoms with van der Waals surface area (Å²) in [6.07, 6.45) is 1.28. The van der Waals surface area contributed by atoms with E-state index in [2.05, 4.69) is 10.6 Å². The van der Waals surface area contributed by atoms with Crippen molar-refractivity contribution in [3.63, 3.8) is 0 Å². The van der Waals surface area contributed by atoms with Gasteiger partial charge in [-0.3, -0.25) is 4.79 Å². The molecule has 0 unspecified atom stereocenters. The maximum absolute atomic E-state index is 12.5. The first-order valence-corrected chi connectivity index (χ1v) is 10.3. The number of anilines is 1. The number of carbonyl (C=O) groups is 1. The van der Waals surface area contributed by atoms with Crippen molar-refractivity contribution < 1.29 is 18.3 Å². The third-order valence-electron chi connectivity index (χ3n) is 4.32. The number of sulfonamides is 1. The number of nitrogens with two attached hydrogens (primary N) is 1. The predicted molar refractivity (Wildman–Crippen MR) is 113 cm³/mol. The fourth-order valence-corrected chi connectivity index (χ4v) is 3.32. The van der Waals surface area contributed by atoms with Crippen molar-refractivity contribution in [3.8, 4) is 11.8 Å². The minimum Gasteiger partial charge on any atom is -0.507 e. The van der Waals surface area contributed by atoms with Crippen LogP contribution in [0.15, 0.2) is 77.3 Å². The largest absolute Gasteiger partial charge is 0.507 e. The first kappa shape index (κ1) is 20.9. The number of nitrogens with one attached hydrogen (secondary N) is 2. The topological polar surface area (TPSA) is 145 Å². The number of nitrogens with zero attached hydrogens (tertiary/aromatic N) is 1. The summed E-state index contributed by atoms with van der Waals surface area (Å²) in [5, 5.41) is 31.1. The van der Waals surface area contributed by atoms with Gasteiger partial charge in [-0.15, -0.1) is 0 Å². The smallest absolute Gasteiger partial charge is 0.267 e. The number of nitriles is 1. The number of amides is 1. The van der Waals surface area contributed by atoms with Gasteiger partial charge in [-0.25, -0.2) is 13.6 Å². The van der Waals surface area contributed by atoms with Crippen molar-refractivity contribution in [1.82, 2.24) is 5.32 Å². The monoisotopic (exact) mass is 422 g/mol. The highest BCUT2D eigenvalue weighted by atomic mass is 32.2. The van der Waals surface area contributed by atoms with Gasteiger partial charge in [0.1, 0.15) is 17.4 Å². The maximum atomic E-state index is 12.5. The van der Waals surface area contributed by atoms with Gasteiger partial charge in [-0.05, 0) is 29.8 Å². The summed E-state index contributed by atoms with van der Waals surface area (Å²) in [4.78, 5) is 12.5. The average molecular weight is 422 g/mol. The third kappa shape index (κ3) is 4.75. The summed E-state index contributed by atoms with van der Waals surface area (Å²) in [7, 11) is -3.76. The first-order chi connectivity index (χ1) is 14.3. The van der Waals surface area contributed by atoms with Crippen molar-refractivity contribution >= 4 is 32.4 Å². The van der Waals surface area contributed by atoms with E-state index in [9.17, 15) is 23.6 Å². The molecule has 8 nitrogen and oxygen atoms in total. The van der Waals surface area contributed by atoms with Crippen molar-refractivity contribution in [2.75, 3.05) is 5.32 Å². The standard InChI is InChI=1S/C21H18N4O4S/c22-11-15(13-24-12-14-7-9-16(10-8-14)30(23,28)29)21(27)25-19-5-1-4-18-17(19)3-2-6-20(18)26/h1-10,13,24,26H,12H2,(H,25,27)(H2,23,28,29)/b15-13-. The van der Waals surface area contributed by atoms with Gasteiger partial charge in [0.2, 0.25) is 10.0 Å². The van der Waals surface area contributed by atoms with Gasteiger partial charge in [0, 0.05) is 29.2 Å². The number of aromatic hydroxyl groups is 1. The van der Waals surface area contributed by atoms with E-state index in [-0.39, 0.29) is 22.8 Å². The normalized spacial score (nSPS) is 11.7. The zero-order chi connectivity index (χ0) is 21.7. The molecule has 3 aromatic rings. The molecular weight excluding hydrogens is 404 g/mol. The highest BCUT2D eigenvalue weighted by molar-refractivity contribution is 7.89. The molecule has 0 radical (unpaired) electrons. The Kier molecular flexibility index (Phi) is 6.01. The second-order valence-corrected chi connectivity index (χ2v) is 7.93. The van der Waals surface area contributed by atoms with Crippen LogP contribution in [0, 0.1) is 11.3 Å². The van der Waals surface area contributed by atoms with Gasteiger partial charge in [-0.2, -0.15) is 5.26 Å². The number of phenols is 1. The molecular formula is C21H18N4O4S. The molecule has 0 heterocycles. The van der Waals surface area contributed by atoms with Crippen LogP contribution in [0.4, 0.5) is 5.69 Å². The lowest BCUT2D eigenvalue weighted by atomic mass is 10.1. The molecule has 5 N–H and O–H groups in total. The number of rotatable bonds is 6. The minimum absolute atomic E-state index is 0.00000752. The summed E-state index contributed by atoms with van der Waals surface area (Å²) >= 11 is 0. The number of primary sulfonamides is 1. The number of hydrogen-bond acceptors (Lipinski definition) is 6. The minimum atomic E-state index is -3.76. The van der Waals surface area contributed by atoms with Gasteiger partial charge in [-0.1, -0.05) is 36.4 Å². The van der Waals surface area contributed by atoms with E-state index >= 15 is 0 Å². The van der Waals surface area contributed by atoms with E-state index in [1.54, 1.807) is 48.5 Å². The lowest BCUT2D eigenvalue weighted by molar-refractivity contribution is -0.112. The van der Waals surface area contributed by atoms with Crippen molar-refractivity contribution in [2.24, 2.45) is 5.14 Å². The average Bonchev–Trinajstić information content (AvgIpc) is 2.71. The lowest BCUT2D eigenvalue weighted by Crippen LogP contribution is -2.17. The van der Waals surface area contributed by atoms with Crippen molar-refractivity contribution in [2.45, 2.75) is 11.4 Å². The van der Waals surface area contributed by atoms with Gasteiger partial charge < -0.3 is 15.7 Å². The van der Waals surface area contributed by atoms with Gasteiger partial charge in [0.25, 0.3) is 5.91 Å². The molecule has 1 amide bonds. The van der Waals surface area contributed by atoms with Crippen molar-refractivity contribution in [1.29, 1.82) is 5.26 Å². The van der Waals surface area contributed by atoms with Crippen LogP contribution in [0.3, 0.4) is 0 Å². The highest BCUT2D eigenvalue weighted by Crippen LogP contribution is 2.29. The Morgan fingerprint density at radius 3 is 2.40 bits per heavy atom. The Balaban J connectivity index is 1.70. The van der Waals surface area contributed by atoms with Crippen LogP contribution in [0.2, 0.25) is 0 Å². The number of benzene rings is 3. The first-order valence-electron chi connectivity index (χ1n) is 8.77. The molecule has 0 aliphatic heterocycles. The number of carbonyl (C=O) groups excluding carboxylic acids is 1. The number of phenolic OH excluding ortho intramolecular Hbond substituents is 1. The van der Waals surface area contributed by atoms with E-state index in [0.717, 1.165) is 5.56 Å². The van der Waals surface area contributed by atoms with Gasteiger partial charge in [0.05, 0.1) is 4.90 Å². The highest BCUT2D eigenvalue weighted by Gasteiger charge is 2.12. The fourth-order valence-electron chi connectivity index (χ4n) is 2.81. The Morgan fingerprint density at radius 1 is 1.07 bits per heavy atom. The molecule has 0 bridgehead atoms. The summed E-state index contributed by atoms with van der Waals surface area (Å²) in [6.45, 7) is 0.269. The maximum Gasteiger partial charge on any atom is 0.267 e. The molecule has 0 aliphatic rings. The van der Waals surface area contributed by atoms with Crippen LogP contribution in [-0.4, -0.2) is 19.4 Å². The molecule has 0 atom stereocenters. The van der Waals surface area contributed by atoms with Gasteiger partial charge >= 0.3 is 0 Å². The summed E-state index contributed by atoms with van der Waals surface area (Å²) in [6, 6.07) is 17.8. The van der Waals surface area contributed by atoms with E-state index in [4.69, 9.17) is 5.14 Å². The quantitative estimate of drug-likeness (QED) is 0.354. The van der Waals surface area contributed by atoms with Crippen LogP contribution < -0.4 is 15.8 Å². The zero-order valence-electron chi connectivity index (χ0n) is 15.7. The molecule has 0 saturated carbocycles. The molecule has 3 aromatic carbocycles. The van der Waals surface area contributed by atoms with E-state index in [0.29, 0.717) is 16.5 Å². The molecule has 152 valence electrons. The fraction of sp³-hybridized carbons (Fsp3) is 0.0476. The molecule has 0 aliphatic carbocycles. The van der Waals surface area contributed by atoms with Crippen LogP contribution in [0.5, 0.6) is 5.75 Å². The Morgan fingerprint density at radius 2 is 1.73 bits per heavy atom. The molecule has 30 heavy (non-hydrogen) atoms. The Labute approximate surface area is 173 Å². The number of hydrogen-bond donors (Lipinski definition) is 4. The van der Waals surface area contributed by atoms with Crippen LogP contribution in [0.25, 0.3) is 10.8 Å². The van der Waals surface area contributed by atoms with Crippen molar-refractivity contribution in [3.05, 3.63) is 78.0 Å². The van der Waals surface area contributed by atoms with Crippen LogP contribution in [-0.2, 0) is 21.4 Å². The SMILES string of the molecule is N#C/C(=C/NCc1ccc(S(N)(=O)=O)cc1)C(=O)Nc1cccc2c(O)cccc12. The predicted octanol–water partition coefficient (Wildman–Crippen LogP) is 2.33. The molecule has 0 fully saturated rings. The number of fused-ring (bicyclic) bond motifs is 1. The lowest BCUT2D eigenvalue weighted by Gasteiger charge is -2.09. The van der Waals surface area contributed by atoms with E-state index < -0.39 is 15.9 Å². The molecule has 0 spiro atoms. The summed E-state index contributed by atoms with van der Waals surface area (Å²) in [5.74, 6) is -0.514. The second kappa shape index (κ2) is 8.65. The van der Waals surface area contributed by atoms with E-state index in [1.165, 1.54) is 18.3 Å². The summed E-state index contributed by atoms with van der Waals surface area (Å²) in [5.41, 5.74) is 1.06. The third-order valence-corrected chi connectivity index (χ3v) is 5.25. The van der Waals surface area contributed by atoms with E-state index in [1.807, 2.05) is 6.07 Å². The second-order valence-electron chi connectivity index (χ2n) is 6.37. The Bertz CT molecular complexity index is 1280. The molecule has 0 aromatic heterocycles.